The minimum absolute atomic E-state index is 0.467. The highest BCUT2D eigenvalue weighted by Crippen LogP contribution is 2.30. The van der Waals surface area contributed by atoms with Crippen LogP contribution in [0, 0.1) is 0 Å². The van der Waals surface area contributed by atoms with Crippen molar-refractivity contribution in [1.82, 2.24) is 9.97 Å². The van der Waals surface area contributed by atoms with Gasteiger partial charge in [-0.25, -0.2) is 9.97 Å². The molecule has 0 saturated carbocycles. The molecule has 5 heteroatoms. The Morgan fingerprint density at radius 2 is 2.15 bits per heavy atom. The zero-order chi connectivity index (χ0) is 9.26. The minimum Gasteiger partial charge on any atom is -0.235 e. The van der Waals surface area contributed by atoms with Crippen LogP contribution in [-0.4, -0.2) is 9.97 Å². The summed E-state index contributed by atoms with van der Waals surface area (Å²) in [6.07, 6.45) is 1.46. The molecule has 2 aromatic heterocycles. The van der Waals surface area contributed by atoms with Gasteiger partial charge in [-0.2, -0.15) is 0 Å². The van der Waals surface area contributed by atoms with E-state index in [9.17, 15) is 0 Å². The van der Waals surface area contributed by atoms with Crippen LogP contribution in [0.3, 0.4) is 0 Å². The fourth-order valence-corrected chi connectivity index (χ4v) is 2.42. The van der Waals surface area contributed by atoms with Crippen molar-refractivity contribution in [2.45, 2.75) is 0 Å². The lowest BCUT2D eigenvalue weighted by molar-refractivity contribution is 1.18. The van der Waals surface area contributed by atoms with Crippen LogP contribution in [0.5, 0.6) is 0 Å². The molecular weight excluding hydrogens is 272 g/mol. The first-order valence-corrected chi connectivity index (χ1v) is 5.48. The van der Waals surface area contributed by atoms with E-state index in [1.807, 2.05) is 12.1 Å². The molecule has 66 valence electrons. The van der Waals surface area contributed by atoms with Crippen LogP contribution in [0.4, 0.5) is 0 Å². The first-order chi connectivity index (χ1) is 6.25. The summed E-state index contributed by atoms with van der Waals surface area (Å²) in [7, 11) is 0. The quantitative estimate of drug-likeness (QED) is 0.743. The van der Waals surface area contributed by atoms with Crippen LogP contribution in [0.1, 0.15) is 0 Å². The van der Waals surface area contributed by atoms with Gasteiger partial charge >= 0.3 is 0 Å². The van der Waals surface area contributed by atoms with Crippen molar-refractivity contribution in [3.8, 4) is 10.6 Å². The average Bonchev–Trinajstić information content (AvgIpc) is 2.52. The monoisotopic (exact) mass is 274 g/mol. The molecule has 0 unspecified atom stereocenters. The normalized spacial score (nSPS) is 10.3. The summed E-state index contributed by atoms with van der Waals surface area (Å²) in [5, 5.41) is 0.467. The van der Waals surface area contributed by atoms with Gasteiger partial charge in [0.25, 0.3) is 0 Å². The summed E-state index contributed by atoms with van der Waals surface area (Å²) in [5.74, 6) is 0. The molecule has 13 heavy (non-hydrogen) atoms. The van der Waals surface area contributed by atoms with Crippen LogP contribution >= 0.6 is 38.9 Å². The Bertz CT molecular complexity index is 430. The standard InChI is InChI=1S/C8H4BrClN2S/c9-7-2-1-6(13-7)5-3-8(10)12-4-11-5/h1-4H. The Labute approximate surface area is 92.7 Å². The number of aromatic nitrogens is 2. The fraction of sp³-hybridized carbons (Fsp3) is 0. The molecule has 2 rings (SSSR count). The van der Waals surface area contributed by atoms with E-state index in [1.165, 1.54) is 6.33 Å². The highest BCUT2D eigenvalue weighted by atomic mass is 79.9. The van der Waals surface area contributed by atoms with Gasteiger partial charge in [-0.05, 0) is 28.1 Å². The molecule has 0 fully saturated rings. The van der Waals surface area contributed by atoms with Gasteiger partial charge in [0, 0.05) is 6.07 Å². The Balaban J connectivity index is 2.46. The lowest BCUT2D eigenvalue weighted by Gasteiger charge is -1.94. The van der Waals surface area contributed by atoms with E-state index >= 15 is 0 Å². The van der Waals surface area contributed by atoms with Crippen molar-refractivity contribution in [3.63, 3.8) is 0 Å². The van der Waals surface area contributed by atoms with Gasteiger partial charge in [-0.3, -0.25) is 0 Å². The molecule has 0 aliphatic rings. The first-order valence-electron chi connectivity index (χ1n) is 3.49. The lowest BCUT2D eigenvalue weighted by atomic mass is 10.3. The van der Waals surface area contributed by atoms with E-state index in [-0.39, 0.29) is 0 Å². The van der Waals surface area contributed by atoms with Crippen molar-refractivity contribution in [3.05, 3.63) is 33.5 Å². The van der Waals surface area contributed by atoms with Crippen LogP contribution < -0.4 is 0 Å². The molecule has 0 bridgehead atoms. The molecule has 0 aliphatic heterocycles. The Morgan fingerprint density at radius 1 is 1.31 bits per heavy atom. The van der Waals surface area contributed by atoms with E-state index in [0.717, 1.165) is 14.4 Å². The number of thiophene rings is 1. The van der Waals surface area contributed by atoms with Gasteiger partial charge in [0.1, 0.15) is 11.5 Å². The fourth-order valence-electron chi connectivity index (χ4n) is 0.920. The molecule has 2 nitrogen and oxygen atoms in total. The number of nitrogens with zero attached hydrogens (tertiary/aromatic N) is 2. The molecule has 2 aromatic rings. The summed E-state index contributed by atoms with van der Waals surface area (Å²) >= 11 is 10.8. The van der Waals surface area contributed by atoms with E-state index in [0.29, 0.717) is 5.15 Å². The third-order valence-electron chi connectivity index (χ3n) is 1.46. The maximum Gasteiger partial charge on any atom is 0.133 e. The number of rotatable bonds is 1. The molecular formula is C8H4BrClN2S. The van der Waals surface area contributed by atoms with Gasteiger partial charge in [-0.15, -0.1) is 11.3 Å². The molecule has 0 spiro atoms. The number of hydrogen-bond acceptors (Lipinski definition) is 3. The van der Waals surface area contributed by atoms with E-state index in [4.69, 9.17) is 11.6 Å². The summed E-state index contributed by atoms with van der Waals surface area (Å²) in [6, 6.07) is 5.73. The topological polar surface area (TPSA) is 25.8 Å². The maximum absolute atomic E-state index is 5.74. The van der Waals surface area contributed by atoms with Gasteiger partial charge in [-0.1, -0.05) is 11.6 Å². The van der Waals surface area contributed by atoms with Crippen molar-refractivity contribution in [2.75, 3.05) is 0 Å². The molecule has 2 heterocycles. The van der Waals surface area contributed by atoms with E-state index in [1.54, 1.807) is 17.4 Å². The van der Waals surface area contributed by atoms with E-state index < -0.39 is 0 Å². The van der Waals surface area contributed by atoms with Crippen LogP contribution in [-0.2, 0) is 0 Å². The predicted molar refractivity (Wildman–Crippen MR) is 58.1 cm³/mol. The molecule has 0 radical (unpaired) electrons. The lowest BCUT2D eigenvalue weighted by Crippen LogP contribution is -1.81. The molecule has 0 saturated heterocycles. The van der Waals surface area contributed by atoms with Gasteiger partial charge in [0.05, 0.1) is 14.4 Å². The second-order valence-corrected chi connectivity index (χ2v) is 5.18. The summed E-state index contributed by atoms with van der Waals surface area (Å²) < 4.78 is 1.08. The van der Waals surface area contributed by atoms with Crippen molar-refractivity contribution in [2.24, 2.45) is 0 Å². The molecule has 0 aliphatic carbocycles. The highest BCUT2D eigenvalue weighted by molar-refractivity contribution is 9.11. The van der Waals surface area contributed by atoms with Crippen molar-refractivity contribution >= 4 is 38.9 Å². The maximum atomic E-state index is 5.74. The number of halogens is 2. The second kappa shape index (κ2) is 3.74. The van der Waals surface area contributed by atoms with Gasteiger partial charge in [0.15, 0.2) is 0 Å². The Kier molecular flexibility index (Phi) is 2.62. The average molecular weight is 276 g/mol. The summed E-state index contributed by atoms with van der Waals surface area (Å²) in [5.41, 5.74) is 0.857. The van der Waals surface area contributed by atoms with Crippen molar-refractivity contribution in [1.29, 1.82) is 0 Å². The van der Waals surface area contributed by atoms with Crippen LogP contribution in [0.2, 0.25) is 5.15 Å². The van der Waals surface area contributed by atoms with Crippen molar-refractivity contribution < 1.29 is 0 Å². The zero-order valence-corrected chi connectivity index (χ0v) is 9.53. The first kappa shape index (κ1) is 9.12. The second-order valence-electron chi connectivity index (χ2n) is 2.33. The zero-order valence-electron chi connectivity index (χ0n) is 6.37. The summed E-state index contributed by atoms with van der Waals surface area (Å²) in [6.45, 7) is 0. The number of hydrogen-bond donors (Lipinski definition) is 0. The minimum atomic E-state index is 0.467. The largest absolute Gasteiger partial charge is 0.235 e. The smallest absolute Gasteiger partial charge is 0.133 e. The third kappa shape index (κ3) is 2.07. The third-order valence-corrected chi connectivity index (χ3v) is 3.31. The van der Waals surface area contributed by atoms with Crippen LogP contribution in [0.25, 0.3) is 10.6 Å². The predicted octanol–water partition coefficient (Wildman–Crippen LogP) is 3.62. The Morgan fingerprint density at radius 3 is 2.77 bits per heavy atom. The molecule has 0 N–H and O–H groups in total. The van der Waals surface area contributed by atoms with E-state index in [2.05, 4.69) is 25.9 Å². The summed E-state index contributed by atoms with van der Waals surface area (Å²) in [4.78, 5) is 9.02. The molecule has 0 aromatic carbocycles. The van der Waals surface area contributed by atoms with Gasteiger partial charge < -0.3 is 0 Å². The SMILES string of the molecule is Clc1cc(-c2ccc(Br)s2)ncn1. The van der Waals surface area contributed by atoms with Gasteiger partial charge in [0.2, 0.25) is 0 Å². The molecule has 0 amide bonds. The Hall–Kier alpha value is -0.450. The highest BCUT2D eigenvalue weighted by Gasteiger charge is 2.03. The molecule has 0 atom stereocenters. The van der Waals surface area contributed by atoms with Crippen LogP contribution in [0.15, 0.2) is 28.3 Å².